The van der Waals surface area contributed by atoms with Crippen molar-refractivity contribution >= 4 is 27.5 Å². The monoisotopic (exact) mass is 436 g/mol. The number of amides is 1. The highest BCUT2D eigenvalue weighted by Gasteiger charge is 2.16. The van der Waals surface area contributed by atoms with Crippen LogP contribution in [0.2, 0.25) is 0 Å². The van der Waals surface area contributed by atoms with Gasteiger partial charge in [-0.05, 0) is 36.1 Å². The lowest BCUT2D eigenvalue weighted by Crippen LogP contribution is -2.23. The maximum absolute atomic E-state index is 14.0. The number of hydrogen-bond donors (Lipinski definition) is 2. The van der Waals surface area contributed by atoms with E-state index in [0.29, 0.717) is 23.3 Å². The summed E-state index contributed by atoms with van der Waals surface area (Å²) in [6.07, 6.45) is 2.08. The van der Waals surface area contributed by atoms with Crippen LogP contribution in [0.3, 0.4) is 0 Å². The molecule has 2 aromatic rings. The number of ether oxygens (including phenoxy) is 2. The lowest BCUT2D eigenvalue weighted by atomic mass is 10.1. The Bertz CT molecular complexity index is 810. The number of nitrogens with one attached hydrogen (secondary N) is 1. The van der Waals surface area contributed by atoms with Crippen molar-refractivity contribution in [1.82, 2.24) is 0 Å². The van der Waals surface area contributed by atoms with Crippen LogP contribution in [-0.2, 0) is 22.6 Å². The van der Waals surface area contributed by atoms with Gasteiger partial charge in [-0.2, -0.15) is 0 Å². The Morgan fingerprint density at radius 3 is 2.74 bits per heavy atom. The summed E-state index contributed by atoms with van der Waals surface area (Å²) in [5.74, 6) is -1.46. The summed E-state index contributed by atoms with van der Waals surface area (Å²) in [7, 11) is 0. The molecular formula is C20H22BrFN2O3. The zero-order valence-corrected chi connectivity index (χ0v) is 16.4. The van der Waals surface area contributed by atoms with Gasteiger partial charge < -0.3 is 20.5 Å². The number of nitrogens with two attached hydrogens (primary N) is 1. The summed E-state index contributed by atoms with van der Waals surface area (Å²) in [6, 6.07) is 10.8. The molecule has 144 valence electrons. The van der Waals surface area contributed by atoms with Crippen LogP contribution in [0.4, 0.5) is 10.1 Å². The van der Waals surface area contributed by atoms with Gasteiger partial charge in [0.15, 0.2) is 0 Å². The van der Waals surface area contributed by atoms with Crippen molar-refractivity contribution in [3.05, 3.63) is 63.4 Å². The number of primary amides is 1. The van der Waals surface area contributed by atoms with Gasteiger partial charge in [-0.15, -0.1) is 0 Å². The third kappa shape index (κ3) is 5.51. The Hall–Kier alpha value is -1.96. The van der Waals surface area contributed by atoms with E-state index < -0.39 is 11.7 Å². The summed E-state index contributed by atoms with van der Waals surface area (Å²) in [6.45, 7) is 2.47. The maximum Gasteiger partial charge on any atom is 0.253 e. The first kappa shape index (κ1) is 19.8. The third-order valence-corrected chi connectivity index (χ3v) is 4.89. The van der Waals surface area contributed by atoms with Crippen molar-refractivity contribution in [2.45, 2.75) is 32.1 Å². The molecule has 0 saturated carbocycles. The van der Waals surface area contributed by atoms with Gasteiger partial charge in [0.1, 0.15) is 5.82 Å². The van der Waals surface area contributed by atoms with Crippen LogP contribution in [0.15, 0.2) is 40.9 Å². The van der Waals surface area contributed by atoms with Gasteiger partial charge in [-0.3, -0.25) is 4.79 Å². The second-order valence-corrected chi connectivity index (χ2v) is 7.39. The fourth-order valence-corrected chi connectivity index (χ4v) is 3.48. The van der Waals surface area contributed by atoms with E-state index in [-0.39, 0.29) is 11.7 Å². The van der Waals surface area contributed by atoms with E-state index in [1.165, 1.54) is 6.07 Å². The summed E-state index contributed by atoms with van der Waals surface area (Å²) < 4.78 is 25.9. The molecule has 1 heterocycles. The van der Waals surface area contributed by atoms with E-state index in [1.807, 2.05) is 24.3 Å². The summed E-state index contributed by atoms with van der Waals surface area (Å²) in [4.78, 5) is 11.6. The highest BCUT2D eigenvalue weighted by atomic mass is 79.9. The first-order chi connectivity index (χ1) is 13.0. The Balaban J connectivity index is 1.64. The molecule has 0 radical (unpaired) electrons. The number of benzene rings is 2. The minimum absolute atomic E-state index is 0.141. The molecule has 1 saturated heterocycles. The number of carbonyl (C=O) groups excluding carboxylic acids is 1. The molecule has 27 heavy (non-hydrogen) atoms. The fraction of sp³-hybridized carbons (Fsp3) is 0.350. The van der Waals surface area contributed by atoms with Crippen LogP contribution in [0.1, 0.15) is 34.3 Å². The van der Waals surface area contributed by atoms with E-state index >= 15 is 0 Å². The van der Waals surface area contributed by atoms with Gasteiger partial charge in [0.05, 0.1) is 24.0 Å². The highest BCUT2D eigenvalue weighted by molar-refractivity contribution is 9.10. The number of carbonyl (C=O) groups is 1. The van der Waals surface area contributed by atoms with Crippen LogP contribution in [-0.4, -0.2) is 25.2 Å². The Morgan fingerprint density at radius 2 is 2.00 bits per heavy atom. The molecule has 1 aliphatic heterocycles. The predicted molar refractivity (Wildman–Crippen MR) is 105 cm³/mol. The van der Waals surface area contributed by atoms with Crippen molar-refractivity contribution in [2.75, 3.05) is 18.5 Å². The standard InChI is InChI=1S/C20H22BrFN2O3/c21-15-9-17(22)19(20(23)25)18(10-15)24-11-13-2-1-3-14(8-13)12-27-16-4-6-26-7-5-16/h1-3,8-10,16,24H,4-7,11-12H2,(H2,23,25). The van der Waals surface area contributed by atoms with Crippen molar-refractivity contribution in [3.63, 3.8) is 0 Å². The molecular weight excluding hydrogens is 415 g/mol. The highest BCUT2D eigenvalue weighted by Crippen LogP contribution is 2.25. The maximum atomic E-state index is 14.0. The summed E-state index contributed by atoms with van der Waals surface area (Å²) in [5.41, 5.74) is 7.59. The molecule has 1 fully saturated rings. The van der Waals surface area contributed by atoms with Gasteiger partial charge in [0, 0.05) is 24.2 Å². The summed E-state index contributed by atoms with van der Waals surface area (Å²) >= 11 is 3.23. The number of anilines is 1. The average Bonchev–Trinajstić information content (AvgIpc) is 2.65. The van der Waals surface area contributed by atoms with Crippen molar-refractivity contribution < 1.29 is 18.7 Å². The second kappa shape index (κ2) is 9.30. The van der Waals surface area contributed by atoms with Crippen molar-refractivity contribution in [2.24, 2.45) is 5.73 Å². The lowest BCUT2D eigenvalue weighted by molar-refractivity contribution is -0.0390. The third-order valence-electron chi connectivity index (χ3n) is 4.43. The zero-order valence-electron chi connectivity index (χ0n) is 14.8. The number of hydrogen-bond acceptors (Lipinski definition) is 4. The molecule has 0 atom stereocenters. The normalized spacial score (nSPS) is 14.9. The zero-order chi connectivity index (χ0) is 19.2. The summed E-state index contributed by atoms with van der Waals surface area (Å²) in [5, 5.41) is 3.10. The molecule has 0 aromatic heterocycles. The first-order valence-corrected chi connectivity index (χ1v) is 9.62. The largest absolute Gasteiger partial charge is 0.381 e. The molecule has 0 unspecified atom stereocenters. The van der Waals surface area contributed by atoms with Crippen LogP contribution >= 0.6 is 15.9 Å². The minimum atomic E-state index is -0.805. The van der Waals surface area contributed by atoms with Gasteiger partial charge in [-0.1, -0.05) is 40.2 Å². The van der Waals surface area contributed by atoms with Crippen LogP contribution in [0.25, 0.3) is 0 Å². The molecule has 0 spiro atoms. The van der Waals surface area contributed by atoms with Crippen molar-refractivity contribution in [3.8, 4) is 0 Å². The van der Waals surface area contributed by atoms with E-state index in [0.717, 1.165) is 37.2 Å². The van der Waals surface area contributed by atoms with Gasteiger partial charge >= 0.3 is 0 Å². The molecule has 2 aromatic carbocycles. The molecule has 0 bridgehead atoms. The Morgan fingerprint density at radius 1 is 1.26 bits per heavy atom. The van der Waals surface area contributed by atoms with Crippen LogP contribution < -0.4 is 11.1 Å². The first-order valence-electron chi connectivity index (χ1n) is 8.83. The van der Waals surface area contributed by atoms with E-state index in [1.54, 1.807) is 6.07 Å². The second-order valence-electron chi connectivity index (χ2n) is 6.47. The smallest absolute Gasteiger partial charge is 0.253 e. The molecule has 1 aliphatic rings. The van der Waals surface area contributed by atoms with Crippen LogP contribution in [0, 0.1) is 5.82 Å². The van der Waals surface area contributed by atoms with Gasteiger partial charge in [0.2, 0.25) is 0 Å². The molecule has 7 heteroatoms. The van der Waals surface area contributed by atoms with Gasteiger partial charge in [-0.25, -0.2) is 4.39 Å². The Kier molecular flexibility index (Phi) is 6.82. The van der Waals surface area contributed by atoms with E-state index in [2.05, 4.69) is 21.2 Å². The lowest BCUT2D eigenvalue weighted by Gasteiger charge is -2.22. The Labute approximate surface area is 166 Å². The SMILES string of the molecule is NC(=O)c1c(F)cc(Br)cc1NCc1cccc(COC2CCOCC2)c1. The molecule has 1 amide bonds. The fourth-order valence-electron chi connectivity index (χ4n) is 3.05. The van der Waals surface area contributed by atoms with Gasteiger partial charge in [0.25, 0.3) is 5.91 Å². The number of rotatable bonds is 7. The average molecular weight is 437 g/mol. The molecule has 3 N–H and O–H groups in total. The topological polar surface area (TPSA) is 73.6 Å². The van der Waals surface area contributed by atoms with Crippen molar-refractivity contribution in [1.29, 1.82) is 0 Å². The minimum Gasteiger partial charge on any atom is -0.381 e. The van der Waals surface area contributed by atoms with E-state index in [4.69, 9.17) is 15.2 Å². The molecule has 5 nitrogen and oxygen atoms in total. The predicted octanol–water partition coefficient (Wildman–Crippen LogP) is 3.99. The van der Waals surface area contributed by atoms with E-state index in [9.17, 15) is 9.18 Å². The number of halogens is 2. The molecule has 3 rings (SSSR count). The van der Waals surface area contributed by atoms with Crippen LogP contribution in [0.5, 0.6) is 0 Å². The quantitative estimate of drug-likeness (QED) is 0.687. The molecule has 0 aliphatic carbocycles.